The lowest BCUT2D eigenvalue weighted by Crippen LogP contribution is -2.19. The fourth-order valence-electron chi connectivity index (χ4n) is 1.99. The van der Waals surface area contributed by atoms with Crippen LogP contribution in [0.5, 0.6) is 0 Å². The number of halogens is 1. The molecular formula is C16H23FN2O. The highest BCUT2D eigenvalue weighted by Crippen LogP contribution is 2.13. The minimum atomic E-state index is -0.277. The van der Waals surface area contributed by atoms with E-state index in [9.17, 15) is 4.39 Å². The van der Waals surface area contributed by atoms with Crippen molar-refractivity contribution in [1.29, 1.82) is 0 Å². The third-order valence-corrected chi connectivity index (χ3v) is 3.04. The number of hydrogen-bond donors (Lipinski definition) is 2. The molecule has 0 radical (unpaired) electrons. The molecule has 0 unspecified atom stereocenters. The smallest absolute Gasteiger partial charge is 0.124 e. The molecular weight excluding hydrogens is 255 g/mol. The molecule has 110 valence electrons. The maximum atomic E-state index is 13.3. The Balaban J connectivity index is 2.61. The molecule has 0 atom stereocenters. The minimum Gasteiger partial charge on any atom is -0.396 e. The second kappa shape index (κ2) is 9.49. The van der Waals surface area contributed by atoms with Crippen molar-refractivity contribution >= 4 is 0 Å². The van der Waals surface area contributed by atoms with E-state index in [4.69, 9.17) is 10.8 Å². The summed E-state index contributed by atoms with van der Waals surface area (Å²) in [5.74, 6) is 5.41. The Morgan fingerprint density at radius 2 is 2.10 bits per heavy atom. The van der Waals surface area contributed by atoms with E-state index in [0.29, 0.717) is 5.56 Å². The van der Waals surface area contributed by atoms with E-state index in [-0.39, 0.29) is 19.0 Å². The second-order valence-electron chi connectivity index (χ2n) is 4.83. The molecule has 0 aromatic heterocycles. The number of aliphatic hydroxyl groups is 1. The van der Waals surface area contributed by atoms with E-state index in [1.165, 1.54) is 12.1 Å². The third-order valence-electron chi connectivity index (χ3n) is 3.04. The molecule has 3 N–H and O–H groups in total. The first-order valence-corrected chi connectivity index (χ1v) is 6.94. The highest BCUT2D eigenvalue weighted by molar-refractivity contribution is 5.41. The van der Waals surface area contributed by atoms with Gasteiger partial charge in [0, 0.05) is 18.7 Å². The first-order valence-electron chi connectivity index (χ1n) is 6.94. The van der Waals surface area contributed by atoms with Crippen LogP contribution in [-0.2, 0) is 6.54 Å². The summed E-state index contributed by atoms with van der Waals surface area (Å²) in [5.41, 5.74) is 7.08. The van der Waals surface area contributed by atoms with Gasteiger partial charge in [-0.2, -0.15) is 0 Å². The molecule has 0 spiro atoms. The van der Waals surface area contributed by atoms with Crippen LogP contribution in [0.15, 0.2) is 18.2 Å². The van der Waals surface area contributed by atoms with Crippen LogP contribution in [0.3, 0.4) is 0 Å². The van der Waals surface area contributed by atoms with Gasteiger partial charge >= 0.3 is 0 Å². The maximum absolute atomic E-state index is 13.3. The monoisotopic (exact) mass is 278 g/mol. The average molecular weight is 278 g/mol. The SMILES string of the molecule is CN(CCCCCO)Cc1ccc(F)cc1C#CCN. The Hall–Kier alpha value is -1.41. The van der Waals surface area contributed by atoms with Crippen molar-refractivity contribution in [3.8, 4) is 11.8 Å². The summed E-state index contributed by atoms with van der Waals surface area (Å²) in [5, 5.41) is 8.74. The molecule has 1 aromatic rings. The van der Waals surface area contributed by atoms with Crippen LogP contribution >= 0.6 is 0 Å². The maximum Gasteiger partial charge on any atom is 0.124 e. The summed E-state index contributed by atoms with van der Waals surface area (Å²) >= 11 is 0. The summed E-state index contributed by atoms with van der Waals surface area (Å²) in [6, 6.07) is 4.69. The van der Waals surface area contributed by atoms with Crippen molar-refractivity contribution in [2.45, 2.75) is 25.8 Å². The van der Waals surface area contributed by atoms with Crippen LogP contribution in [0, 0.1) is 17.7 Å². The van der Waals surface area contributed by atoms with E-state index in [1.807, 2.05) is 7.05 Å². The lowest BCUT2D eigenvalue weighted by Gasteiger charge is -2.17. The number of nitrogens with two attached hydrogens (primary N) is 1. The van der Waals surface area contributed by atoms with Crippen molar-refractivity contribution in [2.75, 3.05) is 26.7 Å². The zero-order chi connectivity index (χ0) is 14.8. The highest BCUT2D eigenvalue weighted by Gasteiger charge is 2.06. The largest absolute Gasteiger partial charge is 0.396 e. The topological polar surface area (TPSA) is 49.5 Å². The average Bonchev–Trinajstić information content (AvgIpc) is 2.44. The number of rotatable bonds is 7. The van der Waals surface area contributed by atoms with E-state index in [1.54, 1.807) is 6.07 Å². The third kappa shape index (κ3) is 6.16. The normalized spacial score (nSPS) is 10.4. The van der Waals surface area contributed by atoms with Crippen molar-refractivity contribution in [1.82, 2.24) is 4.90 Å². The van der Waals surface area contributed by atoms with Crippen molar-refractivity contribution in [2.24, 2.45) is 5.73 Å². The van der Waals surface area contributed by atoms with E-state index >= 15 is 0 Å². The Morgan fingerprint density at radius 3 is 2.80 bits per heavy atom. The van der Waals surface area contributed by atoms with Gasteiger partial charge in [0.05, 0.1) is 6.54 Å². The van der Waals surface area contributed by atoms with Crippen molar-refractivity contribution in [3.05, 3.63) is 35.1 Å². The number of benzene rings is 1. The fraction of sp³-hybridized carbons (Fsp3) is 0.500. The zero-order valence-electron chi connectivity index (χ0n) is 12.0. The van der Waals surface area contributed by atoms with Gasteiger partial charge in [-0.25, -0.2) is 4.39 Å². The lowest BCUT2D eigenvalue weighted by molar-refractivity contribution is 0.271. The number of nitrogens with zero attached hydrogens (tertiary/aromatic N) is 1. The molecule has 1 aromatic carbocycles. The molecule has 0 aliphatic rings. The van der Waals surface area contributed by atoms with Crippen molar-refractivity contribution in [3.63, 3.8) is 0 Å². The molecule has 0 bridgehead atoms. The van der Waals surface area contributed by atoms with E-state index in [0.717, 1.165) is 37.9 Å². The second-order valence-corrected chi connectivity index (χ2v) is 4.83. The Morgan fingerprint density at radius 1 is 1.30 bits per heavy atom. The molecule has 0 aliphatic carbocycles. The fourth-order valence-corrected chi connectivity index (χ4v) is 1.99. The summed E-state index contributed by atoms with van der Waals surface area (Å²) < 4.78 is 13.3. The molecule has 0 saturated heterocycles. The van der Waals surface area contributed by atoms with Gasteiger partial charge < -0.3 is 15.7 Å². The Bertz CT molecular complexity index is 465. The Labute approximate surface area is 120 Å². The molecule has 20 heavy (non-hydrogen) atoms. The predicted molar refractivity (Wildman–Crippen MR) is 79.6 cm³/mol. The van der Waals surface area contributed by atoms with Crippen LogP contribution < -0.4 is 5.73 Å². The van der Waals surface area contributed by atoms with Crippen molar-refractivity contribution < 1.29 is 9.50 Å². The van der Waals surface area contributed by atoms with Gasteiger partial charge in [-0.05, 0) is 50.6 Å². The summed E-state index contributed by atoms with van der Waals surface area (Å²) in [7, 11) is 2.03. The van der Waals surface area contributed by atoms with Gasteiger partial charge in [0.1, 0.15) is 5.82 Å². The number of hydrogen-bond acceptors (Lipinski definition) is 3. The van der Waals surface area contributed by atoms with Crippen LogP contribution in [-0.4, -0.2) is 36.8 Å². The van der Waals surface area contributed by atoms with Crippen LogP contribution in [0.1, 0.15) is 30.4 Å². The molecule has 0 fully saturated rings. The van der Waals surface area contributed by atoms with E-state index < -0.39 is 0 Å². The molecule has 0 aliphatic heterocycles. The molecule has 3 nitrogen and oxygen atoms in total. The summed E-state index contributed by atoms with van der Waals surface area (Å²) in [6.07, 6.45) is 2.91. The molecule has 0 amide bonds. The van der Waals surface area contributed by atoms with Crippen LogP contribution in [0.25, 0.3) is 0 Å². The molecule has 0 saturated carbocycles. The zero-order valence-corrected chi connectivity index (χ0v) is 12.0. The van der Waals surface area contributed by atoms with Gasteiger partial charge in [-0.1, -0.05) is 17.9 Å². The van der Waals surface area contributed by atoms with Gasteiger partial charge in [0.15, 0.2) is 0 Å². The first kappa shape index (κ1) is 16.6. The summed E-state index contributed by atoms with van der Waals surface area (Å²) in [6.45, 7) is 2.20. The van der Waals surface area contributed by atoms with Gasteiger partial charge in [-0.15, -0.1) is 0 Å². The minimum absolute atomic E-state index is 0.250. The molecule has 0 heterocycles. The summed E-state index contributed by atoms with van der Waals surface area (Å²) in [4.78, 5) is 2.18. The van der Waals surface area contributed by atoms with E-state index in [2.05, 4.69) is 16.7 Å². The Kier molecular flexibility index (Phi) is 7.89. The van der Waals surface area contributed by atoms with Crippen LogP contribution in [0.2, 0.25) is 0 Å². The molecule has 4 heteroatoms. The highest BCUT2D eigenvalue weighted by atomic mass is 19.1. The lowest BCUT2D eigenvalue weighted by atomic mass is 10.1. The standard InChI is InChI=1S/C16H23FN2O/c1-19(10-3-2-4-11-20)13-15-7-8-16(17)12-14(15)6-5-9-18/h7-8,12,20H,2-4,9-11,13,18H2,1H3. The quantitative estimate of drug-likeness (QED) is 0.590. The number of aliphatic hydroxyl groups excluding tert-OH is 1. The first-order chi connectivity index (χ1) is 9.67. The number of unbranched alkanes of at least 4 members (excludes halogenated alkanes) is 2. The van der Waals surface area contributed by atoms with Gasteiger partial charge in [0.25, 0.3) is 0 Å². The van der Waals surface area contributed by atoms with Gasteiger partial charge in [0.2, 0.25) is 0 Å². The van der Waals surface area contributed by atoms with Crippen LogP contribution in [0.4, 0.5) is 4.39 Å². The molecule has 1 rings (SSSR count). The van der Waals surface area contributed by atoms with Gasteiger partial charge in [-0.3, -0.25) is 0 Å². The predicted octanol–water partition coefficient (Wildman–Crippen LogP) is 1.73.